The topological polar surface area (TPSA) is 61.9 Å². The summed E-state index contributed by atoms with van der Waals surface area (Å²) in [7, 11) is 0. The van der Waals surface area contributed by atoms with Crippen molar-refractivity contribution in [3.05, 3.63) is 29.3 Å². The van der Waals surface area contributed by atoms with Crippen LogP contribution in [0.15, 0.2) is 18.2 Å². The Morgan fingerprint density at radius 1 is 1.07 bits per heavy atom. The summed E-state index contributed by atoms with van der Waals surface area (Å²) in [6.45, 7) is 10.1. The number of amides is 2. The number of carbonyl (C=O) groups is 2. The number of carbonyl (C=O) groups excluding carboxylic acids is 2. The first kappa shape index (κ1) is 21.2. The molecule has 1 atom stereocenters. The van der Waals surface area contributed by atoms with E-state index >= 15 is 0 Å². The molecule has 0 bridgehead atoms. The van der Waals surface area contributed by atoms with Gasteiger partial charge in [-0.05, 0) is 94.6 Å². The maximum Gasteiger partial charge on any atom is 0.409 e. The Balaban J connectivity index is 1.24. The maximum absolute atomic E-state index is 12.8. The minimum Gasteiger partial charge on any atom is -0.450 e. The predicted octanol–water partition coefficient (Wildman–Crippen LogP) is 3.96. The van der Waals surface area contributed by atoms with Gasteiger partial charge in [-0.3, -0.25) is 4.79 Å². The molecule has 164 valence electrons. The zero-order chi connectivity index (χ0) is 21.3. The molecule has 2 amide bonds. The van der Waals surface area contributed by atoms with E-state index in [2.05, 4.69) is 30.1 Å². The smallest absolute Gasteiger partial charge is 0.409 e. The summed E-state index contributed by atoms with van der Waals surface area (Å²) < 4.78 is 5.12. The Kier molecular flexibility index (Phi) is 6.05. The van der Waals surface area contributed by atoms with Gasteiger partial charge >= 0.3 is 6.09 Å². The van der Waals surface area contributed by atoms with Crippen molar-refractivity contribution in [2.75, 3.05) is 38.1 Å². The van der Waals surface area contributed by atoms with Gasteiger partial charge in [0.25, 0.3) is 0 Å². The summed E-state index contributed by atoms with van der Waals surface area (Å²) in [5.74, 6) is 0.349. The normalized spacial score (nSPS) is 24.0. The van der Waals surface area contributed by atoms with Gasteiger partial charge in [0, 0.05) is 30.7 Å². The molecular weight excluding hydrogens is 378 g/mol. The molecule has 0 unspecified atom stereocenters. The molecule has 2 heterocycles. The van der Waals surface area contributed by atoms with E-state index < -0.39 is 0 Å². The second-order valence-electron chi connectivity index (χ2n) is 9.44. The van der Waals surface area contributed by atoms with Gasteiger partial charge < -0.3 is 19.9 Å². The molecule has 30 heavy (non-hydrogen) atoms. The lowest BCUT2D eigenvalue weighted by atomic mass is 9.88. The van der Waals surface area contributed by atoms with Crippen LogP contribution < -0.4 is 5.32 Å². The Hall–Kier alpha value is -2.08. The van der Waals surface area contributed by atoms with Crippen molar-refractivity contribution in [1.82, 2.24) is 9.80 Å². The number of anilines is 1. The predicted molar refractivity (Wildman–Crippen MR) is 118 cm³/mol. The molecule has 3 aliphatic rings. The molecule has 1 spiro atoms. The lowest BCUT2D eigenvalue weighted by molar-refractivity contribution is -0.118. The Bertz CT molecular complexity index is 773. The van der Waals surface area contributed by atoms with Crippen LogP contribution in [0.25, 0.3) is 0 Å². The fourth-order valence-electron chi connectivity index (χ4n) is 5.51. The number of nitrogens with one attached hydrogen (secondary N) is 1. The molecule has 2 saturated heterocycles. The zero-order valence-electron chi connectivity index (χ0n) is 18.6. The quantitative estimate of drug-likeness (QED) is 0.811. The molecule has 1 aliphatic carbocycles. The van der Waals surface area contributed by atoms with Crippen molar-refractivity contribution in [2.45, 2.75) is 58.9 Å². The van der Waals surface area contributed by atoms with Crippen molar-refractivity contribution in [3.8, 4) is 0 Å². The standard InChI is InChI=1S/C24H35N3O3/c1-4-30-23(29)27-9-5-20(6-10-27)26-11-7-24(8-12-26)16-21(24)22(28)25-19-14-17(2)13-18(3)15-19/h13-15,20-21H,4-12,16H2,1-3H3,(H,25,28)/t21-/m1/s1. The first-order valence-corrected chi connectivity index (χ1v) is 11.4. The van der Waals surface area contributed by atoms with Gasteiger partial charge in [0.15, 0.2) is 0 Å². The third kappa shape index (κ3) is 4.48. The minimum absolute atomic E-state index is 0.158. The van der Waals surface area contributed by atoms with E-state index in [1.807, 2.05) is 24.0 Å². The highest BCUT2D eigenvalue weighted by Crippen LogP contribution is 2.60. The first-order chi connectivity index (χ1) is 14.4. The summed E-state index contributed by atoms with van der Waals surface area (Å²) in [6.07, 6.45) is 5.10. The van der Waals surface area contributed by atoms with Crippen molar-refractivity contribution in [3.63, 3.8) is 0 Å². The number of hydrogen-bond acceptors (Lipinski definition) is 4. The Labute approximate surface area is 179 Å². The maximum atomic E-state index is 12.8. The van der Waals surface area contributed by atoms with Crippen molar-refractivity contribution >= 4 is 17.7 Å². The summed E-state index contributed by atoms with van der Waals surface area (Å²) >= 11 is 0. The van der Waals surface area contributed by atoms with Gasteiger partial charge in [-0.15, -0.1) is 0 Å². The van der Waals surface area contributed by atoms with E-state index in [4.69, 9.17) is 4.74 Å². The van der Waals surface area contributed by atoms with Crippen LogP contribution in [-0.4, -0.2) is 60.6 Å². The molecule has 1 N–H and O–H groups in total. The van der Waals surface area contributed by atoms with Crippen LogP contribution in [0, 0.1) is 25.2 Å². The van der Waals surface area contributed by atoms with Crippen LogP contribution in [0.2, 0.25) is 0 Å². The van der Waals surface area contributed by atoms with Gasteiger partial charge in [0.1, 0.15) is 0 Å². The first-order valence-electron chi connectivity index (χ1n) is 11.4. The number of aryl methyl sites for hydroxylation is 2. The SMILES string of the molecule is CCOC(=O)N1CCC(N2CCC3(CC2)C[C@@H]3C(=O)Nc2cc(C)cc(C)c2)CC1. The molecule has 1 aromatic carbocycles. The largest absolute Gasteiger partial charge is 0.450 e. The molecule has 0 aromatic heterocycles. The van der Waals surface area contributed by atoms with Crippen LogP contribution in [-0.2, 0) is 9.53 Å². The monoisotopic (exact) mass is 413 g/mol. The van der Waals surface area contributed by atoms with Crippen molar-refractivity contribution < 1.29 is 14.3 Å². The van der Waals surface area contributed by atoms with Crippen LogP contribution in [0.5, 0.6) is 0 Å². The number of likely N-dealkylation sites (tertiary alicyclic amines) is 2. The van der Waals surface area contributed by atoms with Gasteiger partial charge in [-0.25, -0.2) is 4.79 Å². The lowest BCUT2D eigenvalue weighted by Gasteiger charge is -2.42. The number of ether oxygens (including phenoxy) is 1. The van der Waals surface area contributed by atoms with Gasteiger partial charge in [0.05, 0.1) is 6.61 Å². The number of benzene rings is 1. The zero-order valence-corrected chi connectivity index (χ0v) is 18.6. The fourth-order valence-corrected chi connectivity index (χ4v) is 5.51. The number of nitrogens with zero attached hydrogens (tertiary/aromatic N) is 2. The van der Waals surface area contributed by atoms with Gasteiger partial charge in [-0.1, -0.05) is 6.07 Å². The molecule has 0 radical (unpaired) electrons. The summed E-state index contributed by atoms with van der Waals surface area (Å²) in [5.41, 5.74) is 3.49. The van der Waals surface area contributed by atoms with Gasteiger partial charge in [-0.2, -0.15) is 0 Å². The van der Waals surface area contributed by atoms with Crippen LogP contribution in [0.4, 0.5) is 10.5 Å². The number of piperidine rings is 2. The molecule has 6 nitrogen and oxygen atoms in total. The second kappa shape index (κ2) is 8.58. The van der Waals surface area contributed by atoms with Crippen LogP contribution in [0.3, 0.4) is 0 Å². The third-order valence-corrected chi connectivity index (χ3v) is 7.30. The lowest BCUT2D eigenvalue weighted by Crippen LogP contribution is -2.49. The third-order valence-electron chi connectivity index (χ3n) is 7.30. The molecule has 2 aliphatic heterocycles. The summed E-state index contributed by atoms with van der Waals surface area (Å²) in [4.78, 5) is 29.1. The van der Waals surface area contributed by atoms with Crippen molar-refractivity contribution in [2.24, 2.45) is 11.3 Å². The highest BCUT2D eigenvalue weighted by Gasteiger charge is 2.58. The highest BCUT2D eigenvalue weighted by molar-refractivity contribution is 5.95. The van der Waals surface area contributed by atoms with E-state index in [0.29, 0.717) is 12.6 Å². The average Bonchev–Trinajstić information content (AvgIpc) is 3.41. The van der Waals surface area contributed by atoms with Gasteiger partial charge in [0.2, 0.25) is 5.91 Å². The number of hydrogen-bond donors (Lipinski definition) is 1. The van der Waals surface area contributed by atoms with Crippen LogP contribution in [0.1, 0.15) is 50.2 Å². The molecule has 4 rings (SSSR count). The molecule has 3 fully saturated rings. The molecule has 1 aromatic rings. The van der Waals surface area contributed by atoms with Crippen molar-refractivity contribution in [1.29, 1.82) is 0 Å². The second-order valence-corrected chi connectivity index (χ2v) is 9.44. The molecule has 1 saturated carbocycles. The molecule has 6 heteroatoms. The Morgan fingerprint density at radius 3 is 2.30 bits per heavy atom. The summed E-state index contributed by atoms with van der Waals surface area (Å²) in [5, 5.41) is 3.16. The minimum atomic E-state index is -0.177. The van der Waals surface area contributed by atoms with E-state index in [0.717, 1.165) is 64.0 Å². The summed E-state index contributed by atoms with van der Waals surface area (Å²) in [6, 6.07) is 6.77. The van der Waals surface area contributed by atoms with E-state index in [1.165, 1.54) is 11.1 Å². The average molecular weight is 414 g/mol. The Morgan fingerprint density at radius 2 is 1.70 bits per heavy atom. The van der Waals surface area contributed by atoms with E-state index in [-0.39, 0.29) is 23.3 Å². The number of rotatable bonds is 4. The molecular formula is C24H35N3O3. The highest BCUT2D eigenvalue weighted by atomic mass is 16.6. The van der Waals surface area contributed by atoms with Crippen LogP contribution >= 0.6 is 0 Å². The van der Waals surface area contributed by atoms with E-state index in [1.54, 1.807) is 0 Å². The van der Waals surface area contributed by atoms with E-state index in [9.17, 15) is 9.59 Å². The fraction of sp³-hybridized carbons (Fsp3) is 0.667.